The van der Waals surface area contributed by atoms with Crippen LogP contribution in [0, 0.1) is 0 Å². The molecule has 0 aliphatic rings. The van der Waals surface area contributed by atoms with Crippen molar-refractivity contribution in [2.45, 2.75) is 29.6 Å². The third-order valence-electron chi connectivity index (χ3n) is 2.56. The highest BCUT2D eigenvalue weighted by Crippen LogP contribution is 2.43. The maximum absolute atomic E-state index is 10.6. The van der Waals surface area contributed by atoms with Crippen molar-refractivity contribution in [2.75, 3.05) is 12.5 Å². The molecule has 1 aromatic rings. The number of nitrogens with zero attached hydrogens (tertiary/aromatic N) is 2. The zero-order chi connectivity index (χ0) is 14.3. The van der Waals surface area contributed by atoms with E-state index >= 15 is 0 Å². The largest absolute Gasteiger partial charge is 0.240 e. The van der Waals surface area contributed by atoms with Gasteiger partial charge in [0.05, 0.1) is 11.4 Å². The number of carbonyl (C=O) groups excluding carboxylic acids is 2. The first-order valence-electron chi connectivity index (χ1n) is 5.67. The van der Waals surface area contributed by atoms with Crippen molar-refractivity contribution in [2.24, 2.45) is 9.98 Å². The van der Waals surface area contributed by atoms with E-state index in [0.717, 1.165) is 21.8 Å². The molecule has 100 valence electrons. The van der Waals surface area contributed by atoms with Crippen molar-refractivity contribution in [3.8, 4) is 0 Å². The average molecular weight is 294 g/mol. The smallest absolute Gasteiger partial charge is 0.211 e. The van der Waals surface area contributed by atoms with E-state index in [1.165, 1.54) is 23.5 Å². The van der Waals surface area contributed by atoms with E-state index in [0.29, 0.717) is 17.8 Å². The number of isocyanates is 2. The summed E-state index contributed by atoms with van der Waals surface area (Å²) in [5, 5.41) is 0. The Kier molecular flexibility index (Phi) is 6.60. The molecule has 19 heavy (non-hydrogen) atoms. The van der Waals surface area contributed by atoms with Crippen LogP contribution in [-0.4, -0.2) is 24.7 Å². The molecule has 0 N–H and O–H groups in total. The highest BCUT2D eigenvalue weighted by Gasteiger charge is 2.17. The summed E-state index contributed by atoms with van der Waals surface area (Å²) in [5.74, 6) is 0. The molecular weight excluding hydrogens is 280 g/mol. The predicted octanol–water partition coefficient (Wildman–Crippen LogP) is 4.02. The van der Waals surface area contributed by atoms with Gasteiger partial charge in [0.25, 0.3) is 0 Å². The van der Waals surface area contributed by atoms with E-state index in [-0.39, 0.29) is 0 Å². The van der Waals surface area contributed by atoms with Crippen molar-refractivity contribution < 1.29 is 9.59 Å². The van der Waals surface area contributed by atoms with Crippen LogP contribution < -0.4 is 0 Å². The number of hydrogen-bond donors (Lipinski definition) is 0. The lowest BCUT2D eigenvalue weighted by atomic mass is 10.1. The summed E-state index contributed by atoms with van der Waals surface area (Å²) >= 11 is 3.01. The van der Waals surface area contributed by atoms with Crippen LogP contribution in [-0.2, 0) is 16.0 Å². The van der Waals surface area contributed by atoms with Gasteiger partial charge in [0.1, 0.15) is 0 Å². The second-order valence-electron chi connectivity index (χ2n) is 3.61. The Morgan fingerprint density at radius 1 is 1.05 bits per heavy atom. The summed E-state index contributed by atoms with van der Waals surface area (Å²) in [7, 11) is 0. The Morgan fingerprint density at radius 3 is 1.84 bits per heavy atom. The molecule has 0 aliphatic heterocycles. The third kappa shape index (κ3) is 3.58. The molecule has 0 fully saturated rings. The summed E-state index contributed by atoms with van der Waals surface area (Å²) in [6, 6.07) is 1.89. The van der Waals surface area contributed by atoms with E-state index in [2.05, 4.69) is 9.98 Å². The molecule has 0 aromatic heterocycles. The van der Waals surface area contributed by atoms with Gasteiger partial charge in [-0.25, -0.2) is 9.59 Å². The molecular formula is C13H14N2O2S2. The molecule has 0 radical (unpaired) electrons. The van der Waals surface area contributed by atoms with Gasteiger partial charge in [-0.1, -0.05) is 13.3 Å². The number of thioether (sulfide) groups is 2. The van der Waals surface area contributed by atoms with Crippen molar-refractivity contribution in [1.82, 2.24) is 0 Å². The van der Waals surface area contributed by atoms with Gasteiger partial charge in [0.15, 0.2) is 0 Å². The molecule has 0 amide bonds. The van der Waals surface area contributed by atoms with Crippen LogP contribution in [0.25, 0.3) is 0 Å². The molecule has 0 aliphatic carbocycles. The minimum atomic E-state index is 0.566. The van der Waals surface area contributed by atoms with Gasteiger partial charge < -0.3 is 0 Å². The van der Waals surface area contributed by atoms with Crippen molar-refractivity contribution in [3.63, 3.8) is 0 Å². The Hall–Kier alpha value is -1.32. The summed E-state index contributed by atoms with van der Waals surface area (Å²) in [4.78, 5) is 30.6. The molecule has 0 saturated heterocycles. The second kappa shape index (κ2) is 7.97. The lowest BCUT2D eigenvalue weighted by Crippen LogP contribution is -1.91. The zero-order valence-corrected chi connectivity index (χ0v) is 12.7. The normalized spacial score (nSPS) is 9.63. The predicted molar refractivity (Wildman–Crippen MR) is 79.6 cm³/mol. The van der Waals surface area contributed by atoms with Crippen LogP contribution >= 0.6 is 23.5 Å². The van der Waals surface area contributed by atoms with Gasteiger partial charge >= 0.3 is 0 Å². The molecule has 4 nitrogen and oxygen atoms in total. The maximum Gasteiger partial charge on any atom is 0.240 e. The van der Waals surface area contributed by atoms with Crippen LogP contribution in [0.15, 0.2) is 25.8 Å². The Balaban J connectivity index is 3.72. The van der Waals surface area contributed by atoms with Crippen LogP contribution in [0.1, 0.15) is 18.9 Å². The first-order valence-corrected chi connectivity index (χ1v) is 8.11. The molecule has 0 heterocycles. The van der Waals surface area contributed by atoms with Crippen LogP contribution in [0.3, 0.4) is 0 Å². The Labute approximate surface area is 120 Å². The lowest BCUT2D eigenvalue weighted by Gasteiger charge is -2.14. The minimum Gasteiger partial charge on any atom is -0.211 e. The Morgan fingerprint density at radius 2 is 1.53 bits per heavy atom. The zero-order valence-electron chi connectivity index (χ0n) is 11.0. The van der Waals surface area contributed by atoms with E-state index in [9.17, 15) is 9.59 Å². The van der Waals surface area contributed by atoms with Crippen molar-refractivity contribution in [3.05, 3.63) is 11.6 Å². The molecule has 0 unspecified atom stereocenters. The highest BCUT2D eigenvalue weighted by molar-refractivity contribution is 7.99. The number of aliphatic imine (C=N–C) groups is 2. The fraction of sp³-hybridized carbons (Fsp3) is 0.385. The van der Waals surface area contributed by atoms with Gasteiger partial charge in [0.2, 0.25) is 12.2 Å². The molecule has 1 aromatic carbocycles. The number of benzene rings is 1. The first kappa shape index (κ1) is 15.7. The minimum absolute atomic E-state index is 0.566. The van der Waals surface area contributed by atoms with E-state index < -0.39 is 0 Å². The standard InChI is InChI=1S/C13H14N2O2S2/c1-4-5-9-12(14-7-16)10(18-2)6-11(19-3)13(9)15-8-17/h6H,4-5H2,1-3H3. The average Bonchev–Trinajstić information content (AvgIpc) is 2.43. The molecule has 0 atom stereocenters. The number of rotatable bonds is 6. The van der Waals surface area contributed by atoms with Gasteiger partial charge in [-0.05, 0) is 25.0 Å². The van der Waals surface area contributed by atoms with Crippen molar-refractivity contribution in [1.29, 1.82) is 0 Å². The summed E-state index contributed by atoms with van der Waals surface area (Å²) in [6.45, 7) is 2.02. The first-order chi connectivity index (χ1) is 9.23. The molecule has 0 bridgehead atoms. The van der Waals surface area contributed by atoms with Crippen LogP contribution in [0.4, 0.5) is 11.4 Å². The van der Waals surface area contributed by atoms with Crippen molar-refractivity contribution >= 4 is 47.1 Å². The topological polar surface area (TPSA) is 58.9 Å². The summed E-state index contributed by atoms with van der Waals surface area (Å²) in [5.41, 5.74) is 1.94. The SMILES string of the molecule is CCCc1c(N=C=O)c(SC)cc(SC)c1N=C=O. The molecule has 6 heteroatoms. The highest BCUT2D eigenvalue weighted by atomic mass is 32.2. The Bertz CT molecular complexity index is 516. The second-order valence-corrected chi connectivity index (χ2v) is 5.31. The molecule has 0 spiro atoms. The fourth-order valence-electron chi connectivity index (χ4n) is 1.80. The van der Waals surface area contributed by atoms with E-state index in [4.69, 9.17) is 0 Å². The summed E-state index contributed by atoms with van der Waals surface area (Å²) < 4.78 is 0. The van der Waals surface area contributed by atoms with Gasteiger partial charge in [0, 0.05) is 15.4 Å². The van der Waals surface area contributed by atoms with Crippen LogP contribution in [0.5, 0.6) is 0 Å². The maximum atomic E-state index is 10.6. The van der Waals surface area contributed by atoms with Gasteiger partial charge in [-0.3, -0.25) is 0 Å². The molecule has 0 saturated carbocycles. The van der Waals surface area contributed by atoms with Gasteiger partial charge in [-0.2, -0.15) is 9.98 Å². The van der Waals surface area contributed by atoms with Gasteiger partial charge in [-0.15, -0.1) is 23.5 Å². The summed E-state index contributed by atoms with van der Waals surface area (Å²) in [6.07, 6.45) is 8.56. The lowest BCUT2D eigenvalue weighted by molar-refractivity contribution is 0.564. The molecule has 1 rings (SSSR count). The third-order valence-corrected chi connectivity index (χ3v) is 4.06. The quantitative estimate of drug-likeness (QED) is 0.452. The van der Waals surface area contributed by atoms with Crippen LogP contribution in [0.2, 0.25) is 0 Å². The van der Waals surface area contributed by atoms with E-state index in [1.54, 1.807) is 12.2 Å². The number of hydrogen-bond acceptors (Lipinski definition) is 6. The van der Waals surface area contributed by atoms with E-state index in [1.807, 2.05) is 25.5 Å². The monoisotopic (exact) mass is 294 g/mol. The fourth-order valence-corrected chi connectivity index (χ4v) is 3.07.